The summed E-state index contributed by atoms with van der Waals surface area (Å²) in [4.78, 5) is 13.2. The van der Waals surface area contributed by atoms with Crippen LogP contribution in [0.2, 0.25) is 5.02 Å². The molecular weight excluding hydrogens is 472 g/mol. The van der Waals surface area contributed by atoms with E-state index in [4.69, 9.17) is 16.7 Å². The second-order valence-corrected chi connectivity index (χ2v) is 11.6. The molecular formula is C25H31ClN4O3S. The van der Waals surface area contributed by atoms with Gasteiger partial charge in [0.15, 0.2) is 0 Å². The van der Waals surface area contributed by atoms with Crippen LogP contribution >= 0.6 is 11.6 Å². The van der Waals surface area contributed by atoms with Gasteiger partial charge in [0.25, 0.3) is 0 Å². The third-order valence-electron chi connectivity index (χ3n) is 5.24. The average Bonchev–Trinajstić information content (AvgIpc) is 3.18. The highest BCUT2D eigenvalue weighted by atomic mass is 35.5. The Kier molecular flexibility index (Phi) is 7.85. The monoisotopic (exact) mass is 502 g/mol. The minimum absolute atomic E-state index is 0.0953. The zero-order valence-corrected chi connectivity index (χ0v) is 21.7. The lowest BCUT2D eigenvalue weighted by atomic mass is 9.92. The largest absolute Gasteiger partial charge is 0.309 e. The van der Waals surface area contributed by atoms with E-state index in [0.717, 1.165) is 16.9 Å². The summed E-state index contributed by atoms with van der Waals surface area (Å²) in [5, 5.41) is 8.04. The van der Waals surface area contributed by atoms with E-state index < -0.39 is 15.9 Å². The van der Waals surface area contributed by atoms with Crippen LogP contribution in [0.25, 0.3) is 5.69 Å². The van der Waals surface area contributed by atoms with Gasteiger partial charge in [0.1, 0.15) is 5.82 Å². The summed E-state index contributed by atoms with van der Waals surface area (Å²) >= 11 is 5.91. The minimum atomic E-state index is -3.86. The molecule has 7 nitrogen and oxygen atoms in total. The number of nitrogens with zero attached hydrogens (tertiary/aromatic N) is 3. The van der Waals surface area contributed by atoms with Gasteiger partial charge in [0.2, 0.25) is 15.9 Å². The van der Waals surface area contributed by atoms with E-state index in [0.29, 0.717) is 17.3 Å². The van der Waals surface area contributed by atoms with Crippen molar-refractivity contribution in [2.24, 2.45) is 0 Å². The van der Waals surface area contributed by atoms with Crippen molar-refractivity contribution in [1.82, 2.24) is 14.1 Å². The number of aromatic nitrogens is 2. The molecule has 0 saturated carbocycles. The molecule has 0 bridgehead atoms. The van der Waals surface area contributed by atoms with Crippen molar-refractivity contribution in [2.75, 3.05) is 18.4 Å². The van der Waals surface area contributed by atoms with Gasteiger partial charge in [0.05, 0.1) is 22.8 Å². The minimum Gasteiger partial charge on any atom is -0.309 e. The lowest BCUT2D eigenvalue weighted by molar-refractivity contribution is -0.116. The fraction of sp³-hybridized carbons (Fsp3) is 0.360. The first-order valence-corrected chi connectivity index (χ1v) is 13.0. The van der Waals surface area contributed by atoms with Gasteiger partial charge < -0.3 is 5.32 Å². The Hall–Kier alpha value is -2.68. The smallest absolute Gasteiger partial charge is 0.243 e. The number of nitrogens with one attached hydrogen (secondary N) is 1. The zero-order valence-electron chi connectivity index (χ0n) is 20.2. The van der Waals surface area contributed by atoms with Crippen molar-refractivity contribution in [3.05, 3.63) is 70.9 Å². The number of amides is 1. The second-order valence-electron chi connectivity index (χ2n) is 9.26. The van der Waals surface area contributed by atoms with Crippen LogP contribution in [0, 0.1) is 6.92 Å². The Morgan fingerprint density at radius 1 is 1.12 bits per heavy atom. The molecule has 1 aromatic heterocycles. The molecule has 0 saturated heterocycles. The van der Waals surface area contributed by atoms with Crippen molar-refractivity contribution in [3.63, 3.8) is 0 Å². The molecule has 0 aliphatic carbocycles. The topological polar surface area (TPSA) is 84.3 Å². The van der Waals surface area contributed by atoms with E-state index in [1.165, 1.54) is 28.6 Å². The summed E-state index contributed by atoms with van der Waals surface area (Å²) in [6.07, 6.45) is 0.565. The highest BCUT2D eigenvalue weighted by molar-refractivity contribution is 7.89. The molecule has 34 heavy (non-hydrogen) atoms. The van der Waals surface area contributed by atoms with Crippen LogP contribution in [0.3, 0.4) is 0 Å². The summed E-state index contributed by atoms with van der Waals surface area (Å²) in [5.41, 5.74) is 2.44. The number of anilines is 1. The Labute approximate surface area is 206 Å². The predicted molar refractivity (Wildman–Crippen MR) is 136 cm³/mol. The highest BCUT2D eigenvalue weighted by Crippen LogP contribution is 2.27. The number of halogens is 1. The summed E-state index contributed by atoms with van der Waals surface area (Å²) in [5.74, 6) is 0.0427. The van der Waals surface area contributed by atoms with E-state index in [2.05, 4.69) is 5.32 Å². The number of hydrogen-bond donors (Lipinski definition) is 1. The quantitative estimate of drug-likeness (QED) is 0.460. The molecule has 1 amide bonds. The van der Waals surface area contributed by atoms with E-state index in [1.807, 2.05) is 65.0 Å². The number of rotatable bonds is 8. The third-order valence-corrected chi connectivity index (χ3v) is 7.35. The van der Waals surface area contributed by atoms with Gasteiger partial charge in [-0.05, 0) is 55.3 Å². The van der Waals surface area contributed by atoms with Crippen molar-refractivity contribution in [1.29, 1.82) is 0 Å². The average molecular weight is 503 g/mol. The first-order chi connectivity index (χ1) is 15.9. The van der Waals surface area contributed by atoms with E-state index in [-0.39, 0.29) is 23.4 Å². The van der Waals surface area contributed by atoms with Crippen LogP contribution in [0.4, 0.5) is 5.82 Å². The van der Waals surface area contributed by atoms with Crippen LogP contribution in [-0.4, -0.2) is 41.5 Å². The van der Waals surface area contributed by atoms with Gasteiger partial charge in [-0.2, -0.15) is 9.40 Å². The SMILES string of the molecule is CCCN(CC(=O)Nc1cc(C(C)(C)C)nn1-c1cccc(C)c1)S(=O)(=O)c1ccc(Cl)cc1. The molecule has 9 heteroatoms. The molecule has 0 spiro atoms. The molecule has 0 fully saturated rings. The summed E-state index contributed by atoms with van der Waals surface area (Å²) in [6.45, 7) is 9.88. The fourth-order valence-corrected chi connectivity index (χ4v) is 5.04. The number of carbonyl (C=O) groups is 1. The van der Waals surface area contributed by atoms with Gasteiger partial charge >= 0.3 is 0 Å². The summed E-state index contributed by atoms with van der Waals surface area (Å²) in [7, 11) is -3.86. The number of aryl methyl sites for hydroxylation is 1. The van der Waals surface area contributed by atoms with Crippen molar-refractivity contribution < 1.29 is 13.2 Å². The number of sulfonamides is 1. The lowest BCUT2D eigenvalue weighted by Crippen LogP contribution is -2.38. The molecule has 0 unspecified atom stereocenters. The van der Waals surface area contributed by atoms with Gasteiger partial charge in [-0.1, -0.05) is 51.4 Å². The van der Waals surface area contributed by atoms with Crippen LogP contribution in [0.5, 0.6) is 0 Å². The van der Waals surface area contributed by atoms with E-state index >= 15 is 0 Å². The Morgan fingerprint density at radius 2 is 1.79 bits per heavy atom. The fourth-order valence-electron chi connectivity index (χ4n) is 3.42. The Morgan fingerprint density at radius 3 is 2.38 bits per heavy atom. The van der Waals surface area contributed by atoms with Gasteiger partial charge in [-0.15, -0.1) is 0 Å². The first kappa shape index (κ1) is 25.9. The third kappa shape index (κ3) is 6.05. The molecule has 3 aromatic rings. The van der Waals surface area contributed by atoms with Gasteiger partial charge in [0, 0.05) is 23.0 Å². The maximum absolute atomic E-state index is 13.2. The summed E-state index contributed by atoms with van der Waals surface area (Å²) < 4.78 is 29.2. The summed E-state index contributed by atoms with van der Waals surface area (Å²) in [6, 6.07) is 15.6. The predicted octanol–water partition coefficient (Wildman–Crippen LogP) is 5.17. The molecule has 2 aromatic carbocycles. The maximum Gasteiger partial charge on any atom is 0.243 e. The van der Waals surface area contributed by atoms with Crippen molar-refractivity contribution in [2.45, 2.75) is 51.3 Å². The Bertz CT molecular complexity index is 1260. The molecule has 1 N–H and O–H groups in total. The Balaban J connectivity index is 1.90. The first-order valence-electron chi connectivity index (χ1n) is 11.1. The molecule has 3 rings (SSSR count). The molecule has 182 valence electrons. The lowest BCUT2D eigenvalue weighted by Gasteiger charge is -2.21. The normalized spacial score (nSPS) is 12.2. The number of carbonyl (C=O) groups excluding carboxylic acids is 1. The van der Waals surface area contributed by atoms with Gasteiger partial charge in [-0.25, -0.2) is 13.1 Å². The highest BCUT2D eigenvalue weighted by Gasteiger charge is 2.27. The molecule has 0 aliphatic heterocycles. The molecule has 0 aliphatic rings. The molecule has 0 atom stereocenters. The second kappa shape index (κ2) is 10.3. The van der Waals surface area contributed by atoms with Crippen LogP contribution in [0.1, 0.15) is 45.4 Å². The van der Waals surface area contributed by atoms with Crippen molar-refractivity contribution >= 4 is 33.3 Å². The van der Waals surface area contributed by atoms with Crippen molar-refractivity contribution in [3.8, 4) is 5.69 Å². The van der Waals surface area contributed by atoms with Gasteiger partial charge in [-0.3, -0.25) is 4.79 Å². The van der Waals surface area contributed by atoms with Crippen LogP contribution in [-0.2, 0) is 20.2 Å². The zero-order chi connectivity index (χ0) is 25.1. The number of hydrogen-bond acceptors (Lipinski definition) is 4. The van der Waals surface area contributed by atoms with Crippen LogP contribution < -0.4 is 5.32 Å². The number of benzene rings is 2. The maximum atomic E-state index is 13.2. The van der Waals surface area contributed by atoms with Crippen LogP contribution in [0.15, 0.2) is 59.5 Å². The molecule has 1 heterocycles. The standard InChI is InChI=1S/C25H31ClN4O3S/c1-6-14-29(34(32,33)21-12-10-19(26)11-13-21)17-24(31)27-23-16-22(25(3,4)5)28-30(23)20-9-7-8-18(2)15-20/h7-13,15-16H,6,14,17H2,1-5H3,(H,27,31). The molecule has 0 radical (unpaired) electrons. The van der Waals surface area contributed by atoms with E-state index in [9.17, 15) is 13.2 Å². The van der Waals surface area contributed by atoms with E-state index in [1.54, 1.807) is 4.68 Å².